The van der Waals surface area contributed by atoms with Gasteiger partial charge in [0.15, 0.2) is 0 Å². The Morgan fingerprint density at radius 1 is 1.15 bits per heavy atom. The Bertz CT molecular complexity index is 1430. The van der Waals surface area contributed by atoms with Crippen molar-refractivity contribution in [2.75, 3.05) is 22.9 Å². The number of fused-ring (bicyclic) bond motifs is 1. The van der Waals surface area contributed by atoms with Gasteiger partial charge in [-0.3, -0.25) is 14.3 Å². The van der Waals surface area contributed by atoms with Crippen LogP contribution in [0.2, 0.25) is 5.02 Å². The van der Waals surface area contributed by atoms with E-state index in [0.717, 1.165) is 34.7 Å². The number of benzene rings is 1. The lowest BCUT2D eigenvalue weighted by molar-refractivity contribution is 0.600. The number of aromatic nitrogens is 2. The Morgan fingerprint density at radius 3 is 2.67 bits per heavy atom. The second kappa shape index (κ2) is 8.81. The Hall–Kier alpha value is -3.48. The van der Waals surface area contributed by atoms with Gasteiger partial charge in [-0.15, -0.1) is 4.98 Å². The third kappa shape index (κ3) is 4.97. The number of nitrogens with zero attached hydrogens (tertiary/aromatic N) is 5. The molecule has 0 spiro atoms. The number of aliphatic imine (C=N–C) groups is 1. The molecule has 0 amide bonds. The van der Waals surface area contributed by atoms with E-state index in [4.69, 9.17) is 23.2 Å². The minimum absolute atomic E-state index is 0.334. The van der Waals surface area contributed by atoms with E-state index in [0.29, 0.717) is 40.7 Å². The van der Waals surface area contributed by atoms with E-state index in [-0.39, 0.29) is 0 Å². The molecule has 0 radical (unpaired) electrons. The molecule has 168 valence electrons. The van der Waals surface area contributed by atoms with Gasteiger partial charge in [0.1, 0.15) is 11.4 Å². The molecular weight excluding hydrogens is 460 g/mol. The molecule has 4 rings (SSSR count). The molecule has 1 aromatic carbocycles. The lowest BCUT2D eigenvalue weighted by Crippen LogP contribution is -2.25. The zero-order valence-corrected chi connectivity index (χ0v) is 19.9. The smallest absolute Gasteiger partial charge is 0.269 e. The first-order valence-electron chi connectivity index (χ1n) is 10.0. The van der Waals surface area contributed by atoms with Crippen LogP contribution in [-0.2, 0) is 22.9 Å². The quantitative estimate of drug-likeness (QED) is 0.498. The van der Waals surface area contributed by atoms with Gasteiger partial charge in [0, 0.05) is 24.2 Å². The van der Waals surface area contributed by atoms with E-state index in [1.807, 2.05) is 19.1 Å². The number of halogens is 1. The number of hydrogen-bond acceptors (Lipinski definition) is 6. The number of pyridine rings is 2. The molecular formula is C23H21ClN6O2S. The molecule has 0 fully saturated rings. The van der Waals surface area contributed by atoms with Crippen LogP contribution in [0.25, 0.3) is 4.85 Å². The fourth-order valence-electron chi connectivity index (χ4n) is 3.56. The maximum Gasteiger partial charge on any atom is 0.269 e. The van der Waals surface area contributed by atoms with Crippen molar-refractivity contribution in [3.05, 3.63) is 76.0 Å². The molecule has 0 aliphatic carbocycles. The highest BCUT2D eigenvalue weighted by Gasteiger charge is 2.22. The summed E-state index contributed by atoms with van der Waals surface area (Å²) in [4.78, 5) is 17.2. The fraction of sp³-hybridized carbons (Fsp3) is 0.217. The molecule has 0 unspecified atom stereocenters. The summed E-state index contributed by atoms with van der Waals surface area (Å²) < 4.78 is 25.5. The molecule has 2 aromatic heterocycles. The second-order valence-electron chi connectivity index (χ2n) is 7.77. The summed E-state index contributed by atoms with van der Waals surface area (Å²) in [6, 6.07) is 12.2. The van der Waals surface area contributed by atoms with Crippen LogP contribution in [0, 0.1) is 6.57 Å². The summed E-state index contributed by atoms with van der Waals surface area (Å²) in [5, 5.41) is 3.76. The molecule has 0 bridgehead atoms. The maximum absolute atomic E-state index is 12.2. The van der Waals surface area contributed by atoms with E-state index in [1.54, 1.807) is 30.3 Å². The van der Waals surface area contributed by atoms with Gasteiger partial charge < -0.3 is 10.2 Å². The van der Waals surface area contributed by atoms with Crippen LogP contribution in [-0.4, -0.2) is 37.4 Å². The first kappa shape index (κ1) is 22.7. The highest BCUT2D eigenvalue weighted by atomic mass is 35.5. The van der Waals surface area contributed by atoms with E-state index >= 15 is 0 Å². The molecule has 1 aliphatic rings. The second-order valence-corrected chi connectivity index (χ2v) is 10.2. The number of sulfonamides is 1. The SMILES string of the molecule is [C-]#[N+]c1cccc(Cc2cc(Nc3ccc(Cl)cc3N(C)S(C)(=O)=O)c3c(n2)CC(C)=N3)n1. The van der Waals surface area contributed by atoms with Crippen molar-refractivity contribution in [3.8, 4) is 0 Å². The van der Waals surface area contributed by atoms with Crippen LogP contribution in [0.5, 0.6) is 0 Å². The third-order valence-corrected chi connectivity index (χ3v) is 6.61. The minimum Gasteiger partial charge on any atom is -0.361 e. The van der Waals surface area contributed by atoms with Crippen LogP contribution in [0.15, 0.2) is 47.5 Å². The van der Waals surface area contributed by atoms with Crippen LogP contribution < -0.4 is 9.62 Å². The van der Waals surface area contributed by atoms with Crippen LogP contribution in [0.1, 0.15) is 24.0 Å². The molecule has 0 saturated carbocycles. The zero-order valence-electron chi connectivity index (χ0n) is 18.3. The Labute approximate surface area is 197 Å². The van der Waals surface area contributed by atoms with E-state index < -0.39 is 10.0 Å². The minimum atomic E-state index is -3.50. The molecule has 1 aliphatic heterocycles. The first-order valence-corrected chi connectivity index (χ1v) is 12.3. The van der Waals surface area contributed by atoms with Gasteiger partial charge in [0.05, 0.1) is 41.1 Å². The summed E-state index contributed by atoms with van der Waals surface area (Å²) >= 11 is 6.16. The van der Waals surface area contributed by atoms with Crippen LogP contribution in [0.3, 0.4) is 0 Å². The van der Waals surface area contributed by atoms with Crippen molar-refractivity contribution in [1.82, 2.24) is 9.97 Å². The van der Waals surface area contributed by atoms with E-state index in [2.05, 4.69) is 20.1 Å². The van der Waals surface area contributed by atoms with Crippen molar-refractivity contribution in [2.45, 2.75) is 19.8 Å². The fourth-order valence-corrected chi connectivity index (χ4v) is 4.24. The molecule has 3 heterocycles. The number of anilines is 3. The van der Waals surface area contributed by atoms with Gasteiger partial charge in [0.25, 0.3) is 5.82 Å². The standard InChI is InChI=1S/C23H21ClN6O2S/c1-14-10-19-23(26-14)20(13-17(27-19)12-16-6-5-7-22(25-2)28-16)29-18-9-8-15(24)11-21(18)30(3)33(4,31)32/h5-9,11,13H,10,12H2,1,3-4H3,(H,27,29). The topological polar surface area (TPSA) is 91.9 Å². The van der Waals surface area contributed by atoms with Crippen molar-refractivity contribution in [3.63, 3.8) is 0 Å². The van der Waals surface area contributed by atoms with Crippen LogP contribution in [0.4, 0.5) is 28.6 Å². The van der Waals surface area contributed by atoms with Crippen molar-refractivity contribution >= 4 is 55.9 Å². The molecule has 3 aromatic rings. The summed E-state index contributed by atoms with van der Waals surface area (Å²) in [7, 11) is -2.02. The lowest BCUT2D eigenvalue weighted by Gasteiger charge is -2.22. The van der Waals surface area contributed by atoms with E-state index in [1.165, 1.54) is 11.4 Å². The Balaban J connectivity index is 1.76. The Kier molecular flexibility index (Phi) is 6.06. The van der Waals surface area contributed by atoms with Gasteiger partial charge >= 0.3 is 0 Å². The zero-order chi connectivity index (χ0) is 23.8. The van der Waals surface area contributed by atoms with Crippen molar-refractivity contribution in [1.29, 1.82) is 0 Å². The van der Waals surface area contributed by atoms with E-state index in [9.17, 15) is 8.42 Å². The molecule has 1 N–H and O–H groups in total. The van der Waals surface area contributed by atoms with Gasteiger partial charge in [-0.05, 0) is 43.3 Å². The normalized spacial score (nSPS) is 12.6. The summed E-state index contributed by atoms with van der Waals surface area (Å²) in [6.45, 7) is 9.12. The van der Waals surface area contributed by atoms with Gasteiger partial charge in [-0.2, -0.15) is 0 Å². The average molecular weight is 481 g/mol. The molecule has 8 nitrogen and oxygen atoms in total. The highest BCUT2D eigenvalue weighted by Crippen LogP contribution is 2.39. The van der Waals surface area contributed by atoms with Crippen LogP contribution >= 0.6 is 11.6 Å². The maximum atomic E-state index is 12.2. The predicted octanol–water partition coefficient (Wildman–Crippen LogP) is 5.06. The van der Waals surface area contributed by atoms with Crippen molar-refractivity contribution < 1.29 is 8.42 Å². The molecule has 33 heavy (non-hydrogen) atoms. The monoisotopic (exact) mass is 480 g/mol. The highest BCUT2D eigenvalue weighted by molar-refractivity contribution is 7.92. The number of rotatable bonds is 6. The predicted molar refractivity (Wildman–Crippen MR) is 132 cm³/mol. The average Bonchev–Trinajstić information content (AvgIpc) is 3.14. The molecule has 0 saturated heterocycles. The van der Waals surface area contributed by atoms with Gasteiger partial charge in [-0.1, -0.05) is 24.2 Å². The van der Waals surface area contributed by atoms with Crippen molar-refractivity contribution in [2.24, 2.45) is 4.99 Å². The third-order valence-electron chi connectivity index (χ3n) is 5.18. The van der Waals surface area contributed by atoms with Gasteiger partial charge in [-0.25, -0.2) is 8.42 Å². The summed E-state index contributed by atoms with van der Waals surface area (Å²) in [5.74, 6) is 0.334. The van der Waals surface area contributed by atoms with Gasteiger partial charge in [0.2, 0.25) is 10.0 Å². The number of nitrogens with one attached hydrogen (secondary N) is 1. The summed E-state index contributed by atoms with van der Waals surface area (Å²) in [5.41, 5.74) is 5.70. The number of hydrogen-bond donors (Lipinski definition) is 1. The lowest BCUT2D eigenvalue weighted by atomic mass is 10.1. The summed E-state index contributed by atoms with van der Waals surface area (Å²) in [6.07, 6.45) is 2.21. The largest absolute Gasteiger partial charge is 0.361 e. The Morgan fingerprint density at radius 2 is 1.94 bits per heavy atom. The molecule has 0 atom stereocenters. The first-order chi connectivity index (χ1) is 15.6. The molecule has 10 heteroatoms.